The van der Waals surface area contributed by atoms with Crippen molar-refractivity contribution in [1.29, 1.82) is 0 Å². The molecule has 0 atom stereocenters. The molecular weight excluding hydrogens is 338 g/mol. The molecule has 3 nitrogen and oxygen atoms in total. The Hall–Kier alpha value is -0.680. The van der Waals surface area contributed by atoms with Gasteiger partial charge in [-0.3, -0.25) is 0 Å². The highest BCUT2D eigenvalue weighted by Gasteiger charge is 2.30. The van der Waals surface area contributed by atoms with Crippen LogP contribution in [0.1, 0.15) is 42.5 Å². The lowest BCUT2D eigenvalue weighted by Crippen LogP contribution is -2.35. The van der Waals surface area contributed by atoms with E-state index < -0.39 is 5.97 Å². The summed E-state index contributed by atoms with van der Waals surface area (Å²) in [6, 6.07) is 5.13. The lowest BCUT2D eigenvalue weighted by Gasteiger charge is -2.36. The number of nitrogens with one attached hydrogen (secondary N) is 1. The Balaban J connectivity index is 2.04. The Kier molecular flexibility index (Phi) is 5.38. The summed E-state index contributed by atoms with van der Waals surface area (Å²) in [7, 11) is 0. The first-order valence-electron chi connectivity index (χ1n) is 6.88. The Morgan fingerprint density at radius 3 is 2.65 bits per heavy atom. The van der Waals surface area contributed by atoms with Gasteiger partial charge in [0.1, 0.15) is 0 Å². The second-order valence-corrected chi connectivity index (χ2v) is 7.43. The van der Waals surface area contributed by atoms with Gasteiger partial charge in [0.25, 0.3) is 0 Å². The molecule has 0 aromatic heterocycles. The average molecular weight is 358 g/mol. The molecule has 0 spiro atoms. The minimum absolute atomic E-state index is 0.305. The van der Waals surface area contributed by atoms with Crippen LogP contribution in [0.2, 0.25) is 0 Å². The molecule has 0 radical (unpaired) electrons. The van der Waals surface area contributed by atoms with Gasteiger partial charge in [0, 0.05) is 21.5 Å². The summed E-state index contributed by atoms with van der Waals surface area (Å²) < 4.78 is 1.13. The highest BCUT2D eigenvalue weighted by atomic mass is 79.9. The maximum absolute atomic E-state index is 10.9. The minimum Gasteiger partial charge on any atom is -0.478 e. The van der Waals surface area contributed by atoms with Crippen LogP contribution in [0.25, 0.3) is 0 Å². The summed E-state index contributed by atoms with van der Waals surface area (Å²) in [5.41, 5.74) is 1.27. The van der Waals surface area contributed by atoms with Gasteiger partial charge in [0.2, 0.25) is 0 Å². The van der Waals surface area contributed by atoms with Gasteiger partial charge < -0.3 is 10.4 Å². The van der Waals surface area contributed by atoms with Crippen LogP contribution in [0, 0.1) is 0 Å². The van der Waals surface area contributed by atoms with E-state index in [-0.39, 0.29) is 0 Å². The summed E-state index contributed by atoms with van der Waals surface area (Å²) in [4.78, 5) is 10.9. The zero-order valence-corrected chi connectivity index (χ0v) is 14.0. The third kappa shape index (κ3) is 3.70. The molecule has 1 fully saturated rings. The van der Waals surface area contributed by atoms with Crippen molar-refractivity contribution in [1.82, 2.24) is 0 Å². The second-order valence-electron chi connectivity index (χ2n) is 5.30. The predicted octanol–water partition coefficient (Wildman–Crippen LogP) is 4.63. The van der Waals surface area contributed by atoms with Crippen LogP contribution < -0.4 is 5.32 Å². The van der Waals surface area contributed by atoms with Crippen LogP contribution >= 0.6 is 27.7 Å². The summed E-state index contributed by atoms with van der Waals surface area (Å²) in [5.74, 6) is -0.898. The van der Waals surface area contributed by atoms with Crippen LogP contribution in [0.15, 0.2) is 22.7 Å². The third-order valence-electron chi connectivity index (χ3n) is 4.01. The van der Waals surface area contributed by atoms with E-state index in [2.05, 4.69) is 27.5 Å². The van der Waals surface area contributed by atoms with Crippen molar-refractivity contribution in [2.24, 2.45) is 0 Å². The van der Waals surface area contributed by atoms with Crippen LogP contribution in [-0.4, -0.2) is 28.6 Å². The van der Waals surface area contributed by atoms with E-state index in [1.54, 1.807) is 12.1 Å². The smallest absolute Gasteiger partial charge is 0.335 e. The molecule has 2 N–H and O–H groups in total. The molecule has 0 heterocycles. The molecule has 20 heavy (non-hydrogen) atoms. The maximum atomic E-state index is 10.9. The lowest BCUT2D eigenvalue weighted by molar-refractivity contribution is 0.0697. The molecule has 1 aliphatic rings. The molecule has 0 unspecified atom stereocenters. The van der Waals surface area contributed by atoms with Gasteiger partial charge >= 0.3 is 5.97 Å². The molecule has 1 aromatic carbocycles. The van der Waals surface area contributed by atoms with E-state index in [1.807, 2.05) is 17.8 Å². The largest absolute Gasteiger partial charge is 0.478 e. The monoisotopic (exact) mass is 357 g/mol. The standard InChI is InChI=1S/C15H20BrNO2S/c1-20-15(7-3-2-4-8-15)10-17-13-6-5-11(14(18)19)9-12(13)16/h5-6,9,17H,2-4,7-8,10H2,1H3,(H,18,19). The Morgan fingerprint density at radius 2 is 2.10 bits per heavy atom. The number of halogens is 1. The van der Waals surface area contributed by atoms with Gasteiger partial charge in [-0.15, -0.1) is 0 Å². The lowest BCUT2D eigenvalue weighted by atomic mass is 9.88. The quantitative estimate of drug-likeness (QED) is 0.806. The minimum atomic E-state index is -0.898. The third-order valence-corrected chi connectivity index (χ3v) is 6.09. The summed E-state index contributed by atoms with van der Waals surface area (Å²) >= 11 is 5.40. The Labute approximate surface area is 132 Å². The van der Waals surface area contributed by atoms with E-state index in [0.29, 0.717) is 10.3 Å². The van der Waals surface area contributed by atoms with Crippen LogP contribution in [-0.2, 0) is 0 Å². The number of thioether (sulfide) groups is 1. The van der Waals surface area contributed by atoms with Crippen molar-refractivity contribution in [3.63, 3.8) is 0 Å². The molecule has 0 saturated heterocycles. The fourth-order valence-corrected chi connectivity index (χ4v) is 4.13. The van der Waals surface area contributed by atoms with Crippen molar-refractivity contribution in [2.45, 2.75) is 36.9 Å². The molecule has 110 valence electrons. The van der Waals surface area contributed by atoms with Crippen molar-refractivity contribution >= 4 is 39.3 Å². The normalized spacial score (nSPS) is 17.7. The molecule has 1 aromatic rings. The number of carboxylic acid groups (broad SMARTS) is 1. The van der Waals surface area contributed by atoms with Gasteiger partial charge in [-0.1, -0.05) is 19.3 Å². The fraction of sp³-hybridized carbons (Fsp3) is 0.533. The molecule has 2 rings (SSSR count). The molecule has 0 aliphatic heterocycles. The molecule has 1 aliphatic carbocycles. The summed E-state index contributed by atoms with van der Waals surface area (Å²) in [6.07, 6.45) is 8.66. The van der Waals surface area contributed by atoms with Crippen molar-refractivity contribution in [3.8, 4) is 0 Å². The van der Waals surface area contributed by atoms with Crippen molar-refractivity contribution in [3.05, 3.63) is 28.2 Å². The second kappa shape index (κ2) is 6.85. The average Bonchev–Trinajstić information content (AvgIpc) is 2.47. The number of carboxylic acids is 1. The van der Waals surface area contributed by atoms with E-state index in [4.69, 9.17) is 5.11 Å². The Morgan fingerprint density at radius 1 is 1.40 bits per heavy atom. The maximum Gasteiger partial charge on any atom is 0.335 e. The molecular formula is C15H20BrNO2S. The predicted molar refractivity (Wildman–Crippen MR) is 88.9 cm³/mol. The van der Waals surface area contributed by atoms with Gasteiger partial charge in [0.15, 0.2) is 0 Å². The van der Waals surface area contributed by atoms with Gasteiger partial charge in [0.05, 0.1) is 5.56 Å². The SMILES string of the molecule is CSC1(CNc2ccc(C(=O)O)cc2Br)CCCCC1. The zero-order valence-electron chi connectivity index (χ0n) is 11.6. The summed E-state index contributed by atoms with van der Waals surface area (Å²) in [6.45, 7) is 0.930. The topological polar surface area (TPSA) is 49.3 Å². The molecule has 1 saturated carbocycles. The highest BCUT2D eigenvalue weighted by Crippen LogP contribution is 2.39. The van der Waals surface area contributed by atoms with Gasteiger partial charge in [-0.25, -0.2) is 4.79 Å². The zero-order chi connectivity index (χ0) is 14.6. The molecule has 0 amide bonds. The summed E-state index contributed by atoms with van der Waals surface area (Å²) in [5, 5.41) is 12.4. The fourth-order valence-electron chi connectivity index (χ4n) is 2.70. The number of hydrogen-bond donors (Lipinski definition) is 2. The van der Waals surface area contributed by atoms with Gasteiger partial charge in [-0.05, 0) is 53.2 Å². The number of benzene rings is 1. The number of anilines is 1. The molecule has 5 heteroatoms. The first-order chi connectivity index (χ1) is 9.56. The first-order valence-corrected chi connectivity index (χ1v) is 8.90. The van der Waals surface area contributed by atoms with E-state index in [0.717, 1.165) is 16.7 Å². The van der Waals surface area contributed by atoms with Crippen LogP contribution in [0.3, 0.4) is 0 Å². The van der Waals surface area contributed by atoms with E-state index >= 15 is 0 Å². The van der Waals surface area contributed by atoms with Gasteiger partial charge in [-0.2, -0.15) is 11.8 Å². The van der Waals surface area contributed by atoms with Crippen LogP contribution in [0.4, 0.5) is 5.69 Å². The Bertz CT molecular complexity index is 487. The van der Waals surface area contributed by atoms with Crippen LogP contribution in [0.5, 0.6) is 0 Å². The number of carbonyl (C=O) groups is 1. The number of aromatic carboxylic acids is 1. The van der Waals surface area contributed by atoms with Crippen molar-refractivity contribution in [2.75, 3.05) is 18.1 Å². The van der Waals surface area contributed by atoms with E-state index in [1.165, 1.54) is 32.1 Å². The first kappa shape index (κ1) is 15.7. The van der Waals surface area contributed by atoms with E-state index in [9.17, 15) is 4.79 Å². The highest BCUT2D eigenvalue weighted by molar-refractivity contribution is 9.10. The van der Waals surface area contributed by atoms with Crippen molar-refractivity contribution < 1.29 is 9.90 Å². The number of hydrogen-bond acceptors (Lipinski definition) is 3. The molecule has 0 bridgehead atoms. The number of rotatable bonds is 5.